The molecule has 0 aromatic heterocycles. The summed E-state index contributed by atoms with van der Waals surface area (Å²) in [5, 5.41) is 3.50. The van der Waals surface area contributed by atoms with Crippen LogP contribution in [0.4, 0.5) is 5.69 Å². The summed E-state index contributed by atoms with van der Waals surface area (Å²) in [6, 6.07) is 5.44. The van der Waals surface area contributed by atoms with Crippen LogP contribution in [-0.4, -0.2) is 24.9 Å². The van der Waals surface area contributed by atoms with Crippen molar-refractivity contribution in [3.63, 3.8) is 0 Å². The van der Waals surface area contributed by atoms with E-state index in [4.69, 9.17) is 11.6 Å². The van der Waals surface area contributed by atoms with Crippen LogP contribution in [0.1, 0.15) is 39.2 Å². The van der Waals surface area contributed by atoms with E-state index in [-0.39, 0.29) is 18.2 Å². The summed E-state index contributed by atoms with van der Waals surface area (Å²) in [5.41, 5.74) is 1.61. The largest absolute Gasteiger partial charge is 0.356 e. The Labute approximate surface area is 137 Å². The van der Waals surface area contributed by atoms with Crippen molar-refractivity contribution in [2.24, 2.45) is 5.92 Å². The highest BCUT2D eigenvalue weighted by molar-refractivity contribution is 6.31. The highest BCUT2D eigenvalue weighted by Crippen LogP contribution is 2.26. The highest BCUT2D eigenvalue weighted by Gasteiger charge is 2.16. The monoisotopic (exact) mass is 324 g/mol. The van der Waals surface area contributed by atoms with Crippen LogP contribution in [0.3, 0.4) is 0 Å². The van der Waals surface area contributed by atoms with Gasteiger partial charge in [-0.1, -0.05) is 31.5 Å². The second-order valence-corrected chi connectivity index (χ2v) is 6.24. The lowest BCUT2D eigenvalue weighted by Gasteiger charge is -2.23. The van der Waals surface area contributed by atoms with Gasteiger partial charge in [-0.05, 0) is 37.0 Å². The van der Waals surface area contributed by atoms with Crippen LogP contribution in [0.25, 0.3) is 0 Å². The predicted molar refractivity (Wildman–Crippen MR) is 91.3 cm³/mol. The first-order valence-electron chi connectivity index (χ1n) is 7.62. The second kappa shape index (κ2) is 8.79. The third-order valence-corrected chi connectivity index (χ3v) is 3.93. The van der Waals surface area contributed by atoms with Gasteiger partial charge in [-0.2, -0.15) is 0 Å². The van der Waals surface area contributed by atoms with Crippen LogP contribution in [0.15, 0.2) is 18.2 Å². The minimum Gasteiger partial charge on any atom is -0.356 e. The fourth-order valence-electron chi connectivity index (χ4n) is 2.14. The zero-order chi connectivity index (χ0) is 16.7. The topological polar surface area (TPSA) is 49.4 Å². The summed E-state index contributed by atoms with van der Waals surface area (Å²) >= 11 is 6.11. The zero-order valence-corrected chi connectivity index (χ0v) is 14.5. The summed E-state index contributed by atoms with van der Waals surface area (Å²) in [6.07, 6.45) is 1.24. The molecule has 1 aromatic carbocycles. The van der Waals surface area contributed by atoms with Crippen molar-refractivity contribution in [2.75, 3.05) is 18.0 Å². The van der Waals surface area contributed by atoms with Gasteiger partial charge in [0.2, 0.25) is 11.8 Å². The van der Waals surface area contributed by atoms with Crippen molar-refractivity contribution in [2.45, 2.75) is 40.5 Å². The number of nitrogens with zero attached hydrogens (tertiary/aromatic N) is 1. The van der Waals surface area contributed by atoms with Gasteiger partial charge >= 0.3 is 0 Å². The van der Waals surface area contributed by atoms with Crippen LogP contribution >= 0.6 is 11.6 Å². The number of rotatable bonds is 7. The van der Waals surface area contributed by atoms with Gasteiger partial charge in [0, 0.05) is 37.1 Å². The molecule has 0 spiro atoms. The summed E-state index contributed by atoms with van der Waals surface area (Å²) in [7, 11) is 0. The second-order valence-electron chi connectivity index (χ2n) is 5.84. The summed E-state index contributed by atoms with van der Waals surface area (Å²) < 4.78 is 0. The van der Waals surface area contributed by atoms with Crippen LogP contribution in [0, 0.1) is 12.8 Å². The quantitative estimate of drug-likeness (QED) is 0.833. The van der Waals surface area contributed by atoms with E-state index in [0.29, 0.717) is 24.0 Å². The van der Waals surface area contributed by atoms with Gasteiger partial charge in [-0.15, -0.1) is 0 Å². The van der Waals surface area contributed by atoms with Crippen molar-refractivity contribution in [3.8, 4) is 0 Å². The number of nitrogens with one attached hydrogen (secondary N) is 1. The molecule has 0 saturated heterocycles. The Morgan fingerprint density at radius 2 is 2.00 bits per heavy atom. The first-order valence-corrected chi connectivity index (χ1v) is 8.00. The fourth-order valence-corrected chi connectivity index (χ4v) is 2.31. The Morgan fingerprint density at radius 3 is 2.59 bits per heavy atom. The molecule has 0 saturated carbocycles. The molecule has 2 amide bonds. The van der Waals surface area contributed by atoms with E-state index < -0.39 is 0 Å². The number of carbonyl (C=O) groups excluding carboxylic acids is 2. The molecule has 1 rings (SSSR count). The van der Waals surface area contributed by atoms with Gasteiger partial charge in [-0.25, -0.2) is 0 Å². The molecule has 0 unspecified atom stereocenters. The van der Waals surface area contributed by atoms with Gasteiger partial charge in [0.25, 0.3) is 0 Å². The number of hydrogen-bond donors (Lipinski definition) is 1. The van der Waals surface area contributed by atoms with E-state index in [1.165, 1.54) is 6.92 Å². The number of hydrogen-bond acceptors (Lipinski definition) is 2. The average Bonchev–Trinajstić information content (AvgIpc) is 2.42. The Morgan fingerprint density at radius 1 is 1.32 bits per heavy atom. The minimum absolute atomic E-state index is 0.0356. The third kappa shape index (κ3) is 5.68. The van der Waals surface area contributed by atoms with Gasteiger partial charge in [0.1, 0.15) is 0 Å². The van der Waals surface area contributed by atoms with Crippen LogP contribution < -0.4 is 10.2 Å². The van der Waals surface area contributed by atoms with Gasteiger partial charge in [0.05, 0.1) is 0 Å². The molecule has 0 aliphatic heterocycles. The van der Waals surface area contributed by atoms with E-state index in [1.807, 2.05) is 19.1 Å². The van der Waals surface area contributed by atoms with E-state index in [0.717, 1.165) is 17.7 Å². The molecule has 22 heavy (non-hydrogen) atoms. The maximum Gasteiger partial charge on any atom is 0.223 e. The van der Waals surface area contributed by atoms with Crippen molar-refractivity contribution in [3.05, 3.63) is 28.8 Å². The third-order valence-electron chi connectivity index (χ3n) is 3.52. The zero-order valence-electron chi connectivity index (χ0n) is 13.8. The number of benzene rings is 1. The molecular weight excluding hydrogens is 300 g/mol. The lowest BCUT2D eigenvalue weighted by molar-refractivity contribution is -0.121. The summed E-state index contributed by atoms with van der Waals surface area (Å²) in [5.74, 6) is 0.426. The standard InChI is InChI=1S/C17H25ClN2O2/c1-12(2)8-10-19-17(22)9-11-20(14(4)21)16-7-5-6-15(18)13(16)3/h5-7,12H,8-11H2,1-4H3,(H,19,22). The molecule has 0 atom stereocenters. The Hall–Kier alpha value is -1.55. The molecule has 1 aromatic rings. The molecule has 122 valence electrons. The fraction of sp³-hybridized carbons (Fsp3) is 0.529. The van der Waals surface area contributed by atoms with E-state index in [1.54, 1.807) is 11.0 Å². The lowest BCUT2D eigenvalue weighted by Crippen LogP contribution is -2.34. The molecule has 1 N–H and O–H groups in total. The van der Waals surface area contributed by atoms with Crippen molar-refractivity contribution >= 4 is 29.1 Å². The molecule has 0 aliphatic rings. The maximum absolute atomic E-state index is 11.9. The highest BCUT2D eigenvalue weighted by atomic mass is 35.5. The minimum atomic E-state index is -0.0969. The summed E-state index contributed by atoms with van der Waals surface area (Å²) in [4.78, 5) is 25.3. The molecule has 4 nitrogen and oxygen atoms in total. The van der Waals surface area contributed by atoms with E-state index in [2.05, 4.69) is 19.2 Å². The van der Waals surface area contributed by atoms with Crippen molar-refractivity contribution in [1.82, 2.24) is 5.32 Å². The Bertz CT molecular complexity index is 529. The van der Waals surface area contributed by atoms with Crippen LogP contribution in [0.2, 0.25) is 5.02 Å². The number of anilines is 1. The predicted octanol–water partition coefficient (Wildman–Crippen LogP) is 3.55. The van der Waals surface area contributed by atoms with Crippen molar-refractivity contribution < 1.29 is 9.59 Å². The maximum atomic E-state index is 11.9. The molecule has 0 fully saturated rings. The molecule has 0 radical (unpaired) electrons. The Balaban J connectivity index is 2.64. The molecule has 0 heterocycles. The molecule has 0 aliphatic carbocycles. The first kappa shape index (κ1) is 18.5. The summed E-state index contributed by atoms with van der Waals surface area (Å²) in [6.45, 7) is 8.63. The van der Waals surface area contributed by atoms with Crippen molar-refractivity contribution in [1.29, 1.82) is 0 Å². The molecular formula is C17H25ClN2O2. The van der Waals surface area contributed by atoms with Gasteiger partial charge < -0.3 is 10.2 Å². The Kier molecular flexibility index (Phi) is 7.39. The average molecular weight is 325 g/mol. The number of amides is 2. The van der Waals surface area contributed by atoms with Gasteiger partial charge in [-0.3, -0.25) is 9.59 Å². The first-order chi connectivity index (χ1) is 10.3. The molecule has 5 heteroatoms. The smallest absolute Gasteiger partial charge is 0.223 e. The SMILES string of the molecule is CC(=O)N(CCC(=O)NCCC(C)C)c1cccc(Cl)c1C. The lowest BCUT2D eigenvalue weighted by atomic mass is 10.1. The molecule has 0 bridgehead atoms. The normalized spacial score (nSPS) is 10.6. The van der Waals surface area contributed by atoms with Crippen LogP contribution in [-0.2, 0) is 9.59 Å². The van der Waals surface area contributed by atoms with Gasteiger partial charge in [0.15, 0.2) is 0 Å². The van der Waals surface area contributed by atoms with E-state index >= 15 is 0 Å². The number of carbonyl (C=O) groups is 2. The van der Waals surface area contributed by atoms with Crippen LogP contribution in [0.5, 0.6) is 0 Å². The number of halogens is 1. The van der Waals surface area contributed by atoms with E-state index in [9.17, 15) is 9.59 Å².